The number of para-hydroxylation sites is 2. The molecule has 30 heavy (non-hydrogen) atoms. The number of rotatable bonds is 9. The third-order valence-corrected chi connectivity index (χ3v) is 7.02. The Kier molecular flexibility index (Phi) is 7.85. The van der Waals surface area contributed by atoms with Crippen LogP contribution in [-0.2, 0) is 14.8 Å². The minimum Gasteiger partial charge on any atom is -0.354 e. The average molecular weight is 452 g/mol. The van der Waals surface area contributed by atoms with Crippen molar-refractivity contribution >= 4 is 39.1 Å². The van der Waals surface area contributed by atoms with Crippen LogP contribution in [0, 0.1) is 10.1 Å². The molecule has 0 aliphatic carbocycles. The van der Waals surface area contributed by atoms with Crippen LogP contribution in [0.15, 0.2) is 59.5 Å². The molecule has 0 aliphatic heterocycles. The monoisotopic (exact) mass is 451 g/mol. The van der Waals surface area contributed by atoms with E-state index in [1.54, 1.807) is 30.0 Å². The summed E-state index contributed by atoms with van der Waals surface area (Å²) in [7, 11) is -4.35. The topological polar surface area (TPSA) is 110 Å². The molecule has 0 fully saturated rings. The normalized spacial score (nSPS) is 11.7. The Morgan fingerprint density at radius 3 is 2.30 bits per heavy atom. The van der Waals surface area contributed by atoms with E-state index in [1.807, 2.05) is 0 Å². The molecule has 2 aromatic rings. The molecule has 0 saturated heterocycles. The molecule has 0 unspecified atom stereocenters. The van der Waals surface area contributed by atoms with Gasteiger partial charge in [0.1, 0.15) is 6.54 Å². The number of carbonyl (C=O) groups is 1. The van der Waals surface area contributed by atoms with Gasteiger partial charge in [-0.05, 0) is 18.2 Å². The number of hydrogen-bond donors (Lipinski definition) is 1. The van der Waals surface area contributed by atoms with Gasteiger partial charge >= 0.3 is 0 Å². The average Bonchev–Trinajstić information content (AvgIpc) is 2.69. The second kappa shape index (κ2) is 9.94. The molecule has 2 aromatic carbocycles. The summed E-state index contributed by atoms with van der Waals surface area (Å²) >= 11 is 1.68. The first kappa shape index (κ1) is 23.7. The van der Waals surface area contributed by atoms with Gasteiger partial charge in [0.15, 0.2) is 4.90 Å². The van der Waals surface area contributed by atoms with Gasteiger partial charge in [0.2, 0.25) is 5.91 Å². The van der Waals surface area contributed by atoms with Gasteiger partial charge in [-0.3, -0.25) is 19.2 Å². The van der Waals surface area contributed by atoms with Crippen LogP contribution in [0.4, 0.5) is 11.4 Å². The van der Waals surface area contributed by atoms with Gasteiger partial charge in [-0.25, -0.2) is 8.42 Å². The summed E-state index contributed by atoms with van der Waals surface area (Å²) in [5.41, 5.74) is -0.296. The number of nitrogens with one attached hydrogen (secondary N) is 1. The molecule has 0 bridgehead atoms. The van der Waals surface area contributed by atoms with E-state index < -0.39 is 38.0 Å². The smallest absolute Gasteiger partial charge is 0.289 e. The lowest BCUT2D eigenvalue weighted by Crippen LogP contribution is -2.41. The first-order valence-electron chi connectivity index (χ1n) is 9.24. The molecule has 8 nitrogen and oxygen atoms in total. The fourth-order valence-electron chi connectivity index (χ4n) is 2.59. The van der Waals surface area contributed by atoms with Crippen LogP contribution in [0.25, 0.3) is 0 Å². The standard InChI is InChI=1S/C20H25N3O5S2/c1-20(2,3)29-14-13-21-19(24)15-22(16-9-5-4-6-10-16)30(27,28)18-12-8-7-11-17(18)23(25)26/h4-12H,13-15H2,1-3H3,(H,21,24). The first-order chi connectivity index (χ1) is 14.0. The molecule has 0 aromatic heterocycles. The lowest BCUT2D eigenvalue weighted by molar-refractivity contribution is -0.387. The summed E-state index contributed by atoms with van der Waals surface area (Å²) in [4.78, 5) is 22.6. The van der Waals surface area contributed by atoms with E-state index >= 15 is 0 Å². The molecule has 0 saturated carbocycles. The van der Waals surface area contributed by atoms with Crippen molar-refractivity contribution in [1.29, 1.82) is 0 Å². The van der Waals surface area contributed by atoms with E-state index in [4.69, 9.17) is 0 Å². The Hall–Kier alpha value is -2.59. The maximum atomic E-state index is 13.3. The Balaban J connectivity index is 2.29. The van der Waals surface area contributed by atoms with Crippen LogP contribution >= 0.6 is 11.8 Å². The molecule has 0 radical (unpaired) electrons. The number of thioether (sulfide) groups is 1. The Bertz CT molecular complexity index is 989. The third kappa shape index (κ3) is 6.46. The van der Waals surface area contributed by atoms with Gasteiger partial charge in [0, 0.05) is 23.1 Å². The molecular weight excluding hydrogens is 426 g/mol. The highest BCUT2D eigenvalue weighted by Gasteiger charge is 2.32. The van der Waals surface area contributed by atoms with E-state index in [2.05, 4.69) is 26.1 Å². The van der Waals surface area contributed by atoms with Crippen LogP contribution in [0.3, 0.4) is 0 Å². The van der Waals surface area contributed by atoms with Crippen molar-refractivity contribution < 1.29 is 18.1 Å². The van der Waals surface area contributed by atoms with E-state index in [-0.39, 0.29) is 10.4 Å². The summed E-state index contributed by atoms with van der Waals surface area (Å²) in [6, 6.07) is 13.1. The highest BCUT2D eigenvalue weighted by Crippen LogP contribution is 2.29. The second-order valence-corrected chi connectivity index (χ2v) is 11.1. The van der Waals surface area contributed by atoms with Crippen molar-refractivity contribution in [3.63, 3.8) is 0 Å². The van der Waals surface area contributed by atoms with Crippen molar-refractivity contribution in [3.05, 3.63) is 64.7 Å². The zero-order valence-electron chi connectivity index (χ0n) is 17.1. The van der Waals surface area contributed by atoms with Crippen molar-refractivity contribution in [2.45, 2.75) is 30.4 Å². The van der Waals surface area contributed by atoms with Gasteiger partial charge in [-0.15, -0.1) is 0 Å². The Morgan fingerprint density at radius 1 is 1.10 bits per heavy atom. The van der Waals surface area contributed by atoms with Gasteiger partial charge in [-0.1, -0.05) is 51.1 Å². The predicted molar refractivity (Wildman–Crippen MR) is 119 cm³/mol. The van der Waals surface area contributed by atoms with E-state index in [1.165, 1.54) is 30.3 Å². The maximum absolute atomic E-state index is 13.3. The summed E-state index contributed by atoms with van der Waals surface area (Å²) in [6.07, 6.45) is 0. The molecule has 1 N–H and O–H groups in total. The first-order valence-corrected chi connectivity index (χ1v) is 11.7. The van der Waals surface area contributed by atoms with Crippen molar-refractivity contribution in [1.82, 2.24) is 5.32 Å². The highest BCUT2D eigenvalue weighted by molar-refractivity contribution is 8.00. The van der Waals surface area contributed by atoms with Crippen LogP contribution < -0.4 is 9.62 Å². The summed E-state index contributed by atoms with van der Waals surface area (Å²) < 4.78 is 27.5. The molecule has 1 amide bonds. The molecule has 0 aliphatic rings. The lowest BCUT2D eigenvalue weighted by Gasteiger charge is -2.24. The van der Waals surface area contributed by atoms with Crippen LogP contribution in [-0.4, -0.2) is 42.8 Å². The molecule has 162 valence electrons. The summed E-state index contributed by atoms with van der Waals surface area (Å²) in [5, 5.41) is 14.1. The number of nitrogens with zero attached hydrogens (tertiary/aromatic N) is 2. The van der Waals surface area contributed by atoms with Crippen LogP contribution in [0.1, 0.15) is 20.8 Å². The molecule has 2 rings (SSSR count). The predicted octanol–water partition coefficient (Wildman–Crippen LogP) is 3.44. The number of nitro benzene ring substituents is 1. The highest BCUT2D eigenvalue weighted by atomic mass is 32.2. The van der Waals surface area contributed by atoms with Crippen LogP contribution in [0.2, 0.25) is 0 Å². The second-order valence-electron chi connectivity index (χ2n) is 7.38. The summed E-state index contributed by atoms with van der Waals surface area (Å²) in [6.45, 7) is 6.09. The Morgan fingerprint density at radius 2 is 1.70 bits per heavy atom. The minimum absolute atomic E-state index is 0.0520. The fraction of sp³-hybridized carbons (Fsp3) is 0.350. The van der Waals surface area contributed by atoms with E-state index in [0.717, 1.165) is 10.4 Å². The largest absolute Gasteiger partial charge is 0.354 e. The minimum atomic E-state index is -4.35. The zero-order chi connectivity index (χ0) is 22.4. The van der Waals surface area contributed by atoms with Gasteiger partial charge in [0.05, 0.1) is 10.6 Å². The van der Waals surface area contributed by atoms with Crippen molar-refractivity contribution in [2.75, 3.05) is 23.1 Å². The van der Waals surface area contributed by atoms with Crippen molar-refractivity contribution in [3.8, 4) is 0 Å². The SMILES string of the molecule is CC(C)(C)SCCNC(=O)CN(c1ccccc1)S(=O)(=O)c1ccccc1[N+](=O)[O-]. The van der Waals surface area contributed by atoms with E-state index in [9.17, 15) is 23.3 Å². The number of hydrogen-bond acceptors (Lipinski definition) is 6. The molecule has 0 heterocycles. The molecule has 0 spiro atoms. The number of amides is 1. The maximum Gasteiger partial charge on any atom is 0.289 e. The summed E-state index contributed by atoms with van der Waals surface area (Å²) in [5.74, 6) is 0.188. The lowest BCUT2D eigenvalue weighted by atomic mass is 10.3. The number of sulfonamides is 1. The zero-order valence-corrected chi connectivity index (χ0v) is 18.7. The molecule has 10 heteroatoms. The van der Waals surface area contributed by atoms with Gasteiger partial charge < -0.3 is 5.32 Å². The molecule has 0 atom stereocenters. The molecular formula is C20H25N3O5S2. The number of carbonyl (C=O) groups excluding carboxylic acids is 1. The van der Waals surface area contributed by atoms with E-state index in [0.29, 0.717) is 12.3 Å². The van der Waals surface area contributed by atoms with Gasteiger partial charge in [-0.2, -0.15) is 11.8 Å². The fourth-order valence-corrected chi connectivity index (χ4v) is 4.99. The number of anilines is 1. The number of benzene rings is 2. The van der Waals surface area contributed by atoms with Crippen LogP contribution in [0.5, 0.6) is 0 Å². The quantitative estimate of drug-likeness (QED) is 0.355. The van der Waals surface area contributed by atoms with Crippen molar-refractivity contribution in [2.24, 2.45) is 0 Å². The third-order valence-electron chi connectivity index (χ3n) is 3.92. The van der Waals surface area contributed by atoms with Gasteiger partial charge in [0.25, 0.3) is 15.7 Å². The number of nitro groups is 1. The Labute approximate surface area is 180 Å².